The van der Waals surface area contributed by atoms with Crippen LogP contribution in [0.15, 0.2) is 66.7 Å². The molecular formula is C25H29N. The fraction of sp³-hybridized carbons (Fsp3) is 0.360. The lowest BCUT2D eigenvalue weighted by molar-refractivity contribution is 0.185. The van der Waals surface area contributed by atoms with Crippen molar-refractivity contribution in [1.29, 1.82) is 0 Å². The average molecular weight is 344 g/mol. The molecule has 0 aliphatic heterocycles. The second kappa shape index (κ2) is 8.05. The molecule has 0 saturated heterocycles. The number of rotatable bonds is 5. The zero-order valence-electron chi connectivity index (χ0n) is 15.8. The van der Waals surface area contributed by atoms with Crippen LogP contribution in [-0.4, -0.2) is 18.0 Å². The van der Waals surface area contributed by atoms with Crippen LogP contribution in [-0.2, 0) is 13.0 Å². The fourth-order valence-corrected chi connectivity index (χ4v) is 4.45. The maximum atomic E-state index is 2.58. The summed E-state index contributed by atoms with van der Waals surface area (Å²) in [6, 6.07) is 25.2. The van der Waals surface area contributed by atoms with Gasteiger partial charge in [0.15, 0.2) is 0 Å². The molecule has 0 radical (unpaired) electrons. The minimum atomic E-state index is 0.756. The van der Waals surface area contributed by atoms with Crippen LogP contribution in [0.3, 0.4) is 0 Å². The number of hydrogen-bond donors (Lipinski definition) is 0. The van der Waals surface area contributed by atoms with Gasteiger partial charge in [0.2, 0.25) is 0 Å². The minimum Gasteiger partial charge on any atom is -0.299 e. The standard InChI is InChI=1S/C25H29N/c1-26(23-12-6-3-7-13-23)19-22-17-16-21(18-20-10-4-2-5-11-20)24-14-8-9-15-25(22)24/h2,4-5,8-11,14-17,23H,3,6-7,12-13,18-19H2,1H3. The Kier molecular flexibility index (Phi) is 5.36. The molecule has 1 saturated carbocycles. The van der Waals surface area contributed by atoms with Gasteiger partial charge in [-0.15, -0.1) is 0 Å². The van der Waals surface area contributed by atoms with Crippen molar-refractivity contribution in [2.24, 2.45) is 0 Å². The van der Waals surface area contributed by atoms with Crippen molar-refractivity contribution in [3.8, 4) is 0 Å². The first-order chi connectivity index (χ1) is 12.8. The van der Waals surface area contributed by atoms with Gasteiger partial charge in [0.1, 0.15) is 0 Å². The highest BCUT2D eigenvalue weighted by Gasteiger charge is 2.18. The zero-order chi connectivity index (χ0) is 17.8. The predicted molar refractivity (Wildman–Crippen MR) is 112 cm³/mol. The largest absolute Gasteiger partial charge is 0.299 e. The van der Waals surface area contributed by atoms with Gasteiger partial charge in [-0.1, -0.05) is 86.0 Å². The SMILES string of the molecule is CN(Cc1ccc(Cc2ccccc2)c2ccccc12)C1CCCCC1. The molecule has 0 aromatic heterocycles. The molecular weight excluding hydrogens is 314 g/mol. The van der Waals surface area contributed by atoms with Crippen molar-refractivity contribution in [2.45, 2.75) is 51.1 Å². The average Bonchev–Trinajstić information content (AvgIpc) is 2.71. The third-order valence-electron chi connectivity index (χ3n) is 5.96. The van der Waals surface area contributed by atoms with Crippen LogP contribution in [0.4, 0.5) is 0 Å². The Balaban J connectivity index is 1.61. The molecule has 1 aliphatic rings. The first-order valence-corrected chi connectivity index (χ1v) is 10.0. The van der Waals surface area contributed by atoms with Crippen molar-refractivity contribution in [3.63, 3.8) is 0 Å². The topological polar surface area (TPSA) is 3.24 Å². The minimum absolute atomic E-state index is 0.756. The molecule has 0 unspecified atom stereocenters. The molecule has 0 bridgehead atoms. The Morgan fingerprint density at radius 2 is 1.35 bits per heavy atom. The molecule has 4 rings (SSSR count). The molecule has 0 amide bonds. The van der Waals surface area contributed by atoms with E-state index in [1.54, 1.807) is 0 Å². The molecule has 0 atom stereocenters. The predicted octanol–water partition coefficient (Wildman–Crippen LogP) is 6.20. The molecule has 0 N–H and O–H groups in total. The van der Waals surface area contributed by atoms with E-state index < -0.39 is 0 Å². The van der Waals surface area contributed by atoms with Gasteiger partial charge < -0.3 is 0 Å². The third-order valence-corrected chi connectivity index (χ3v) is 5.96. The second-order valence-corrected chi connectivity index (χ2v) is 7.80. The van der Waals surface area contributed by atoms with Gasteiger partial charge in [-0.05, 0) is 53.8 Å². The summed E-state index contributed by atoms with van der Waals surface area (Å²) in [7, 11) is 2.31. The summed E-state index contributed by atoms with van der Waals surface area (Å²) in [4.78, 5) is 2.58. The van der Waals surface area contributed by atoms with Crippen LogP contribution >= 0.6 is 0 Å². The van der Waals surface area contributed by atoms with E-state index in [2.05, 4.69) is 78.7 Å². The van der Waals surface area contributed by atoms with E-state index in [0.29, 0.717) is 0 Å². The van der Waals surface area contributed by atoms with Crippen LogP contribution in [0.2, 0.25) is 0 Å². The molecule has 1 aliphatic carbocycles. The summed E-state index contributed by atoms with van der Waals surface area (Å²) in [5.74, 6) is 0. The van der Waals surface area contributed by atoms with Crippen LogP contribution in [0.25, 0.3) is 10.8 Å². The summed E-state index contributed by atoms with van der Waals surface area (Å²) in [5.41, 5.74) is 4.27. The van der Waals surface area contributed by atoms with Crippen molar-refractivity contribution < 1.29 is 0 Å². The molecule has 3 aromatic carbocycles. The lowest BCUT2D eigenvalue weighted by atomic mass is 9.92. The molecule has 1 fully saturated rings. The summed E-state index contributed by atoms with van der Waals surface area (Å²) in [6.07, 6.45) is 7.93. The lowest BCUT2D eigenvalue weighted by Crippen LogP contribution is -2.32. The Morgan fingerprint density at radius 1 is 0.731 bits per heavy atom. The Morgan fingerprint density at radius 3 is 2.08 bits per heavy atom. The van der Waals surface area contributed by atoms with Crippen LogP contribution < -0.4 is 0 Å². The summed E-state index contributed by atoms with van der Waals surface area (Å²) in [5, 5.41) is 2.83. The highest BCUT2D eigenvalue weighted by atomic mass is 15.1. The van der Waals surface area contributed by atoms with E-state index in [1.807, 2.05) is 0 Å². The molecule has 1 heteroatoms. The lowest BCUT2D eigenvalue weighted by Gasteiger charge is -2.31. The quantitative estimate of drug-likeness (QED) is 0.533. The van der Waals surface area contributed by atoms with E-state index in [9.17, 15) is 0 Å². The van der Waals surface area contributed by atoms with Gasteiger partial charge in [-0.25, -0.2) is 0 Å². The molecule has 26 heavy (non-hydrogen) atoms. The zero-order valence-corrected chi connectivity index (χ0v) is 15.8. The molecule has 3 aromatic rings. The smallest absolute Gasteiger partial charge is 0.0239 e. The van der Waals surface area contributed by atoms with Gasteiger partial charge in [0, 0.05) is 12.6 Å². The van der Waals surface area contributed by atoms with Gasteiger partial charge in [0.05, 0.1) is 0 Å². The third kappa shape index (κ3) is 3.83. The molecule has 0 heterocycles. The fourth-order valence-electron chi connectivity index (χ4n) is 4.45. The molecule has 0 spiro atoms. The number of nitrogens with zero attached hydrogens (tertiary/aromatic N) is 1. The summed E-state index contributed by atoms with van der Waals surface area (Å²) in [6.45, 7) is 1.05. The van der Waals surface area contributed by atoms with E-state index in [1.165, 1.54) is 59.6 Å². The molecule has 1 nitrogen and oxygen atoms in total. The maximum Gasteiger partial charge on any atom is 0.0239 e. The van der Waals surface area contributed by atoms with Crippen molar-refractivity contribution in [1.82, 2.24) is 4.90 Å². The van der Waals surface area contributed by atoms with Crippen molar-refractivity contribution in [2.75, 3.05) is 7.05 Å². The van der Waals surface area contributed by atoms with Gasteiger partial charge in [-0.3, -0.25) is 4.90 Å². The number of fused-ring (bicyclic) bond motifs is 1. The van der Waals surface area contributed by atoms with Crippen molar-refractivity contribution >= 4 is 10.8 Å². The van der Waals surface area contributed by atoms with Crippen molar-refractivity contribution in [3.05, 3.63) is 83.4 Å². The van der Waals surface area contributed by atoms with Crippen LogP contribution in [0, 0.1) is 0 Å². The second-order valence-electron chi connectivity index (χ2n) is 7.80. The number of hydrogen-bond acceptors (Lipinski definition) is 1. The first kappa shape index (κ1) is 17.3. The normalized spacial score (nSPS) is 15.6. The van der Waals surface area contributed by atoms with Gasteiger partial charge in [0.25, 0.3) is 0 Å². The van der Waals surface area contributed by atoms with Crippen LogP contribution in [0.1, 0.15) is 48.8 Å². The van der Waals surface area contributed by atoms with Crippen LogP contribution in [0.5, 0.6) is 0 Å². The monoisotopic (exact) mass is 343 g/mol. The highest BCUT2D eigenvalue weighted by molar-refractivity contribution is 5.89. The summed E-state index contributed by atoms with van der Waals surface area (Å²) < 4.78 is 0. The Labute approximate surface area is 157 Å². The van der Waals surface area contributed by atoms with E-state index in [0.717, 1.165) is 19.0 Å². The van der Waals surface area contributed by atoms with E-state index >= 15 is 0 Å². The first-order valence-electron chi connectivity index (χ1n) is 10.0. The van der Waals surface area contributed by atoms with Gasteiger partial charge in [-0.2, -0.15) is 0 Å². The highest BCUT2D eigenvalue weighted by Crippen LogP contribution is 2.28. The van der Waals surface area contributed by atoms with E-state index in [-0.39, 0.29) is 0 Å². The maximum absolute atomic E-state index is 2.58. The Bertz CT molecular complexity index is 846. The molecule has 134 valence electrons. The van der Waals surface area contributed by atoms with Gasteiger partial charge >= 0.3 is 0 Å². The summed E-state index contributed by atoms with van der Waals surface area (Å²) >= 11 is 0. The number of benzene rings is 3. The van der Waals surface area contributed by atoms with E-state index in [4.69, 9.17) is 0 Å². The Hall–Kier alpha value is -2.12.